The molecule has 17 heavy (non-hydrogen) atoms. The van der Waals surface area contributed by atoms with E-state index in [4.69, 9.17) is 15.3 Å². The van der Waals surface area contributed by atoms with Crippen molar-refractivity contribution in [2.75, 3.05) is 20.3 Å². The molecule has 0 saturated heterocycles. The highest BCUT2D eigenvalue weighted by atomic mass is 79.9. The Hall–Kier alpha value is -0.620. The summed E-state index contributed by atoms with van der Waals surface area (Å²) in [6.45, 7) is 3.24. The first-order chi connectivity index (χ1) is 8.21. The molecule has 1 aromatic carbocycles. The van der Waals surface area contributed by atoms with Gasteiger partial charge in [-0.05, 0) is 37.1 Å². The first kappa shape index (κ1) is 14.4. The predicted molar refractivity (Wildman–Crippen MR) is 72.0 cm³/mol. The minimum Gasteiger partial charge on any atom is -0.496 e. The summed E-state index contributed by atoms with van der Waals surface area (Å²) < 4.78 is 11.7. The second-order valence-corrected chi connectivity index (χ2v) is 4.60. The molecule has 0 aliphatic rings. The van der Waals surface area contributed by atoms with Crippen LogP contribution in [0, 0.1) is 0 Å². The van der Waals surface area contributed by atoms with Crippen LogP contribution in [-0.4, -0.2) is 26.4 Å². The average molecular weight is 303 g/mol. The molecule has 4 nitrogen and oxygen atoms in total. The molecule has 3 N–H and O–H groups in total. The minimum atomic E-state index is 0.0816. The number of rotatable bonds is 7. The second-order valence-electron chi connectivity index (χ2n) is 3.68. The van der Waals surface area contributed by atoms with Crippen LogP contribution in [0.4, 0.5) is 0 Å². The third kappa shape index (κ3) is 4.63. The summed E-state index contributed by atoms with van der Waals surface area (Å²) in [5.41, 5.74) is 3.86. The summed E-state index contributed by atoms with van der Waals surface area (Å²) in [6.07, 6.45) is 0.763. The molecule has 0 aromatic heterocycles. The first-order valence-electron chi connectivity index (χ1n) is 5.57. The van der Waals surface area contributed by atoms with Crippen molar-refractivity contribution in [3.63, 3.8) is 0 Å². The standard InChI is InChI=1S/C12H19BrN2O2/c1-3-17-8-11(15-14)7-9-6-10(13)4-5-12(9)16-2/h4-6,11,15H,3,7-8,14H2,1-2H3. The molecule has 1 atom stereocenters. The third-order valence-corrected chi connectivity index (χ3v) is 2.96. The van der Waals surface area contributed by atoms with Crippen LogP contribution in [0.15, 0.2) is 22.7 Å². The Labute approximate surface area is 111 Å². The minimum absolute atomic E-state index is 0.0816. The van der Waals surface area contributed by atoms with Crippen molar-refractivity contribution in [2.45, 2.75) is 19.4 Å². The fourth-order valence-corrected chi connectivity index (χ4v) is 2.01. The number of nitrogens with two attached hydrogens (primary N) is 1. The number of hydrogen-bond donors (Lipinski definition) is 2. The first-order valence-corrected chi connectivity index (χ1v) is 6.36. The van der Waals surface area contributed by atoms with Gasteiger partial charge in [0.25, 0.3) is 0 Å². The van der Waals surface area contributed by atoms with Gasteiger partial charge >= 0.3 is 0 Å². The van der Waals surface area contributed by atoms with Gasteiger partial charge in [-0.2, -0.15) is 0 Å². The molecular formula is C12H19BrN2O2. The van der Waals surface area contributed by atoms with Crippen LogP contribution in [0.1, 0.15) is 12.5 Å². The van der Waals surface area contributed by atoms with Crippen molar-refractivity contribution in [2.24, 2.45) is 5.84 Å². The summed E-state index contributed by atoms with van der Waals surface area (Å²) in [4.78, 5) is 0. The molecule has 0 aliphatic carbocycles. The Balaban J connectivity index is 2.73. The predicted octanol–water partition coefficient (Wildman–Crippen LogP) is 1.87. The van der Waals surface area contributed by atoms with Crippen molar-refractivity contribution in [3.8, 4) is 5.75 Å². The van der Waals surface area contributed by atoms with Gasteiger partial charge in [0, 0.05) is 17.1 Å². The van der Waals surface area contributed by atoms with Gasteiger partial charge in [0.05, 0.1) is 13.7 Å². The molecule has 0 amide bonds. The zero-order valence-corrected chi connectivity index (χ0v) is 11.8. The van der Waals surface area contributed by atoms with E-state index in [0.29, 0.717) is 13.2 Å². The summed E-state index contributed by atoms with van der Waals surface area (Å²) in [6, 6.07) is 6.01. The lowest BCUT2D eigenvalue weighted by Gasteiger charge is -2.17. The van der Waals surface area contributed by atoms with Crippen LogP contribution in [0.2, 0.25) is 0 Å². The van der Waals surface area contributed by atoms with Crippen molar-refractivity contribution in [3.05, 3.63) is 28.2 Å². The molecule has 0 spiro atoms. The van der Waals surface area contributed by atoms with Gasteiger partial charge in [0.15, 0.2) is 0 Å². The topological polar surface area (TPSA) is 56.5 Å². The van der Waals surface area contributed by atoms with Crippen LogP contribution >= 0.6 is 15.9 Å². The van der Waals surface area contributed by atoms with E-state index in [1.807, 2.05) is 25.1 Å². The van der Waals surface area contributed by atoms with Gasteiger partial charge in [-0.3, -0.25) is 11.3 Å². The number of nitrogens with one attached hydrogen (secondary N) is 1. The lowest BCUT2D eigenvalue weighted by Crippen LogP contribution is -2.40. The van der Waals surface area contributed by atoms with Gasteiger partial charge in [-0.1, -0.05) is 15.9 Å². The number of hydrazine groups is 1. The zero-order chi connectivity index (χ0) is 12.7. The maximum Gasteiger partial charge on any atom is 0.122 e. The highest BCUT2D eigenvalue weighted by Crippen LogP contribution is 2.24. The smallest absolute Gasteiger partial charge is 0.122 e. The van der Waals surface area contributed by atoms with Crippen molar-refractivity contribution < 1.29 is 9.47 Å². The van der Waals surface area contributed by atoms with Gasteiger partial charge in [-0.25, -0.2) is 0 Å². The Bertz CT molecular complexity index is 347. The molecule has 0 fully saturated rings. The Morgan fingerprint density at radius 3 is 2.82 bits per heavy atom. The number of halogens is 1. The summed E-state index contributed by atoms with van der Waals surface area (Å²) in [7, 11) is 1.67. The largest absolute Gasteiger partial charge is 0.496 e. The molecule has 1 aromatic rings. The van der Waals surface area contributed by atoms with E-state index >= 15 is 0 Å². The molecule has 5 heteroatoms. The fourth-order valence-electron chi connectivity index (χ4n) is 1.60. The number of hydrogen-bond acceptors (Lipinski definition) is 4. The summed E-state index contributed by atoms with van der Waals surface area (Å²) >= 11 is 3.45. The maximum atomic E-state index is 5.51. The van der Waals surface area contributed by atoms with Gasteiger partial charge in [0.1, 0.15) is 5.75 Å². The SMILES string of the molecule is CCOCC(Cc1cc(Br)ccc1OC)NN. The third-order valence-electron chi connectivity index (χ3n) is 2.47. The van der Waals surface area contributed by atoms with E-state index < -0.39 is 0 Å². The van der Waals surface area contributed by atoms with Gasteiger partial charge in [0.2, 0.25) is 0 Å². The maximum absolute atomic E-state index is 5.51. The van der Waals surface area contributed by atoms with E-state index in [1.165, 1.54) is 0 Å². The molecule has 0 saturated carbocycles. The molecular weight excluding hydrogens is 284 g/mol. The summed E-state index contributed by atoms with van der Waals surface area (Å²) in [5.74, 6) is 6.37. The van der Waals surface area contributed by atoms with Crippen LogP contribution in [0.25, 0.3) is 0 Å². The monoisotopic (exact) mass is 302 g/mol. The Kier molecular flexibility index (Phi) is 6.50. The van der Waals surface area contributed by atoms with Gasteiger partial charge in [-0.15, -0.1) is 0 Å². The molecule has 0 aliphatic heterocycles. The van der Waals surface area contributed by atoms with E-state index in [-0.39, 0.29) is 6.04 Å². The van der Waals surface area contributed by atoms with Crippen molar-refractivity contribution in [1.82, 2.24) is 5.43 Å². The van der Waals surface area contributed by atoms with Gasteiger partial charge < -0.3 is 9.47 Å². The van der Waals surface area contributed by atoms with Crippen molar-refractivity contribution in [1.29, 1.82) is 0 Å². The number of ether oxygens (including phenoxy) is 2. The zero-order valence-electron chi connectivity index (χ0n) is 10.2. The molecule has 1 rings (SSSR count). The Morgan fingerprint density at radius 1 is 1.47 bits per heavy atom. The average Bonchev–Trinajstić information content (AvgIpc) is 2.34. The highest BCUT2D eigenvalue weighted by Gasteiger charge is 2.11. The fraction of sp³-hybridized carbons (Fsp3) is 0.500. The lowest BCUT2D eigenvalue weighted by molar-refractivity contribution is 0.122. The van der Waals surface area contributed by atoms with E-state index in [2.05, 4.69) is 21.4 Å². The molecule has 96 valence electrons. The van der Waals surface area contributed by atoms with Crippen molar-refractivity contribution >= 4 is 15.9 Å². The number of benzene rings is 1. The molecule has 0 heterocycles. The van der Waals surface area contributed by atoms with E-state index in [9.17, 15) is 0 Å². The molecule has 0 bridgehead atoms. The van der Waals surface area contributed by atoms with Crippen LogP contribution in [-0.2, 0) is 11.2 Å². The van der Waals surface area contributed by atoms with Crippen LogP contribution in [0.5, 0.6) is 5.75 Å². The number of methoxy groups -OCH3 is 1. The highest BCUT2D eigenvalue weighted by molar-refractivity contribution is 9.10. The Morgan fingerprint density at radius 2 is 2.24 bits per heavy atom. The quantitative estimate of drug-likeness (QED) is 0.596. The van der Waals surface area contributed by atoms with Crippen LogP contribution in [0.3, 0.4) is 0 Å². The molecule has 0 radical (unpaired) electrons. The summed E-state index contributed by atoms with van der Waals surface area (Å²) in [5, 5.41) is 0. The van der Waals surface area contributed by atoms with E-state index in [0.717, 1.165) is 22.2 Å². The second kappa shape index (κ2) is 7.66. The lowest BCUT2D eigenvalue weighted by atomic mass is 10.1. The normalized spacial score (nSPS) is 12.5. The molecule has 1 unspecified atom stereocenters. The van der Waals surface area contributed by atoms with Crippen LogP contribution < -0.4 is 16.0 Å². The van der Waals surface area contributed by atoms with E-state index in [1.54, 1.807) is 7.11 Å².